The van der Waals surface area contributed by atoms with Crippen molar-refractivity contribution in [2.24, 2.45) is 0 Å². The Kier molecular flexibility index (Phi) is 7.66. The van der Waals surface area contributed by atoms with Crippen LogP contribution in [-0.4, -0.2) is 34.7 Å². The Morgan fingerprint density at radius 3 is 2.39 bits per heavy atom. The highest BCUT2D eigenvalue weighted by Crippen LogP contribution is 2.22. The summed E-state index contributed by atoms with van der Waals surface area (Å²) in [5.74, 6) is -3.19. The van der Waals surface area contributed by atoms with Crippen molar-refractivity contribution in [3.05, 3.63) is 35.9 Å². The molecule has 4 nitrogen and oxygen atoms in total. The summed E-state index contributed by atoms with van der Waals surface area (Å²) in [7, 11) is 0. The molecular weight excluding hydrogens is 419 g/mol. The van der Waals surface area contributed by atoms with Gasteiger partial charge in [-0.25, -0.2) is 13.6 Å². The van der Waals surface area contributed by atoms with E-state index in [0.717, 1.165) is 5.56 Å². The fourth-order valence-electron chi connectivity index (χ4n) is 1.69. The van der Waals surface area contributed by atoms with Gasteiger partial charge in [0.15, 0.2) is 0 Å². The molecule has 0 aliphatic rings. The van der Waals surface area contributed by atoms with Gasteiger partial charge in [0.05, 0.1) is 6.61 Å². The highest BCUT2D eigenvalue weighted by Gasteiger charge is 2.41. The lowest BCUT2D eigenvalue weighted by Crippen LogP contribution is -2.52. The molecule has 1 N–H and O–H groups in total. The number of ether oxygens (including phenoxy) is 2. The minimum Gasteiger partial charge on any atom is -0.444 e. The van der Waals surface area contributed by atoms with E-state index in [1.165, 1.54) is 0 Å². The van der Waals surface area contributed by atoms with Gasteiger partial charge in [-0.05, 0) is 26.3 Å². The third-order valence-corrected chi connectivity index (χ3v) is 3.64. The van der Waals surface area contributed by atoms with E-state index in [2.05, 4.69) is 5.32 Å². The van der Waals surface area contributed by atoms with Gasteiger partial charge < -0.3 is 14.8 Å². The van der Waals surface area contributed by atoms with Gasteiger partial charge in [-0.2, -0.15) is 0 Å². The second-order valence-electron chi connectivity index (χ2n) is 6.09. The van der Waals surface area contributed by atoms with Crippen molar-refractivity contribution in [2.75, 3.05) is 11.0 Å². The van der Waals surface area contributed by atoms with Crippen molar-refractivity contribution in [1.29, 1.82) is 0 Å². The Morgan fingerprint density at radius 1 is 1.26 bits per heavy atom. The van der Waals surface area contributed by atoms with Crippen molar-refractivity contribution in [1.82, 2.24) is 5.32 Å². The lowest BCUT2D eigenvalue weighted by atomic mass is 10.2. The van der Waals surface area contributed by atoms with Crippen LogP contribution in [0.5, 0.6) is 0 Å². The molecule has 1 rings (SSSR count). The van der Waals surface area contributed by atoms with Gasteiger partial charge in [0, 0.05) is 4.43 Å². The average Bonchev–Trinajstić information content (AvgIpc) is 2.43. The maximum absolute atomic E-state index is 14.2. The van der Waals surface area contributed by atoms with E-state index in [1.54, 1.807) is 55.5 Å². The van der Waals surface area contributed by atoms with E-state index >= 15 is 0 Å². The molecule has 0 spiro atoms. The highest BCUT2D eigenvalue weighted by molar-refractivity contribution is 14.1. The van der Waals surface area contributed by atoms with Crippen LogP contribution in [0.25, 0.3) is 0 Å². The molecule has 23 heavy (non-hydrogen) atoms. The minimum atomic E-state index is -3.19. The molecule has 1 unspecified atom stereocenters. The van der Waals surface area contributed by atoms with E-state index in [1.807, 2.05) is 18.2 Å². The topological polar surface area (TPSA) is 47.6 Å². The first-order valence-corrected chi connectivity index (χ1v) is 8.71. The van der Waals surface area contributed by atoms with Crippen molar-refractivity contribution in [3.8, 4) is 0 Å². The van der Waals surface area contributed by atoms with Crippen LogP contribution in [0.2, 0.25) is 0 Å². The number of halogens is 3. The summed E-state index contributed by atoms with van der Waals surface area (Å²) in [4.78, 5) is 11.7. The van der Waals surface area contributed by atoms with Crippen LogP contribution in [0.1, 0.15) is 26.3 Å². The Bertz CT molecular complexity index is 492. The summed E-state index contributed by atoms with van der Waals surface area (Å²) < 4.78 is 38.5. The number of alkyl carbamates (subject to hydrolysis) is 1. The largest absolute Gasteiger partial charge is 0.444 e. The predicted octanol–water partition coefficient (Wildman–Crippen LogP) is 4.17. The van der Waals surface area contributed by atoms with E-state index in [-0.39, 0.29) is 11.0 Å². The first kappa shape index (κ1) is 20.1. The molecule has 0 aliphatic carbocycles. The van der Waals surface area contributed by atoms with Crippen LogP contribution >= 0.6 is 22.6 Å². The SMILES string of the molecule is CC(C)(C)OC(=O)NC(CI)C(F)(F)COCc1ccccc1. The monoisotopic (exact) mass is 441 g/mol. The van der Waals surface area contributed by atoms with Gasteiger partial charge in [-0.15, -0.1) is 0 Å². The van der Waals surface area contributed by atoms with Gasteiger partial charge in [0.25, 0.3) is 5.92 Å². The molecule has 1 amide bonds. The second kappa shape index (κ2) is 8.77. The maximum atomic E-state index is 14.2. The van der Waals surface area contributed by atoms with Gasteiger partial charge in [0.1, 0.15) is 18.2 Å². The predicted molar refractivity (Wildman–Crippen MR) is 93.1 cm³/mol. The number of benzene rings is 1. The average molecular weight is 441 g/mol. The maximum Gasteiger partial charge on any atom is 0.408 e. The lowest BCUT2D eigenvalue weighted by molar-refractivity contribution is -0.0998. The number of hydrogen-bond donors (Lipinski definition) is 1. The van der Waals surface area contributed by atoms with E-state index < -0.39 is 30.3 Å². The zero-order chi connectivity index (χ0) is 17.5. The number of nitrogens with one attached hydrogen (secondary N) is 1. The van der Waals surface area contributed by atoms with Crippen molar-refractivity contribution in [2.45, 2.75) is 44.9 Å². The van der Waals surface area contributed by atoms with Gasteiger partial charge in [-0.3, -0.25) is 0 Å². The third-order valence-electron chi connectivity index (χ3n) is 2.76. The van der Waals surface area contributed by atoms with Crippen LogP contribution < -0.4 is 5.32 Å². The summed E-state index contributed by atoms with van der Waals surface area (Å²) >= 11 is 1.80. The molecule has 0 fully saturated rings. The summed E-state index contributed by atoms with van der Waals surface area (Å²) in [6.07, 6.45) is -0.859. The molecule has 1 aromatic carbocycles. The Morgan fingerprint density at radius 2 is 1.87 bits per heavy atom. The summed E-state index contributed by atoms with van der Waals surface area (Å²) in [5.41, 5.74) is 0.0772. The smallest absolute Gasteiger partial charge is 0.408 e. The molecule has 0 heterocycles. The third kappa shape index (κ3) is 7.92. The molecule has 0 radical (unpaired) electrons. The van der Waals surface area contributed by atoms with Crippen LogP contribution in [0.15, 0.2) is 30.3 Å². The second-order valence-corrected chi connectivity index (χ2v) is 6.97. The standard InChI is InChI=1S/C16H22F2INO3/c1-15(2,3)23-14(21)20-13(9-19)16(17,18)11-22-10-12-7-5-4-6-8-12/h4-8,13H,9-11H2,1-3H3,(H,20,21). The van der Waals surface area contributed by atoms with Crippen molar-refractivity contribution in [3.63, 3.8) is 0 Å². The van der Waals surface area contributed by atoms with Gasteiger partial charge in [0.2, 0.25) is 0 Å². The zero-order valence-corrected chi connectivity index (χ0v) is 15.6. The first-order chi connectivity index (χ1) is 10.6. The molecule has 1 aromatic rings. The zero-order valence-electron chi connectivity index (χ0n) is 13.4. The van der Waals surface area contributed by atoms with Crippen LogP contribution in [0.3, 0.4) is 0 Å². The van der Waals surface area contributed by atoms with E-state index in [0.29, 0.717) is 0 Å². The number of rotatable bonds is 7. The summed E-state index contributed by atoms with van der Waals surface area (Å²) in [6, 6.07) is 7.71. The fourth-order valence-corrected chi connectivity index (χ4v) is 2.55. The van der Waals surface area contributed by atoms with Crippen LogP contribution in [0, 0.1) is 0 Å². The quantitative estimate of drug-likeness (QED) is 0.511. The van der Waals surface area contributed by atoms with E-state index in [9.17, 15) is 13.6 Å². The van der Waals surface area contributed by atoms with Crippen LogP contribution in [-0.2, 0) is 16.1 Å². The highest BCUT2D eigenvalue weighted by atomic mass is 127. The molecule has 0 saturated heterocycles. The number of carbonyl (C=O) groups excluding carboxylic acids is 1. The molecular formula is C16H22F2INO3. The molecule has 0 aliphatic heterocycles. The van der Waals surface area contributed by atoms with Crippen LogP contribution in [0.4, 0.5) is 13.6 Å². The number of alkyl halides is 3. The number of hydrogen-bond acceptors (Lipinski definition) is 3. The number of amides is 1. The summed E-state index contributed by atoms with van der Waals surface area (Å²) in [5, 5.41) is 2.21. The molecule has 1 atom stereocenters. The van der Waals surface area contributed by atoms with E-state index in [4.69, 9.17) is 9.47 Å². The fraction of sp³-hybridized carbons (Fsp3) is 0.562. The molecule has 0 saturated carbocycles. The normalized spacial score (nSPS) is 13.5. The molecule has 7 heteroatoms. The molecule has 130 valence electrons. The lowest BCUT2D eigenvalue weighted by Gasteiger charge is -2.28. The molecule has 0 aromatic heterocycles. The van der Waals surface area contributed by atoms with Gasteiger partial charge >= 0.3 is 6.09 Å². The summed E-state index contributed by atoms with van der Waals surface area (Å²) in [6.45, 7) is 4.34. The minimum absolute atomic E-state index is 0.0404. The first-order valence-electron chi connectivity index (χ1n) is 7.19. The Hall–Kier alpha value is -0.960. The molecule has 0 bridgehead atoms. The van der Waals surface area contributed by atoms with Gasteiger partial charge in [-0.1, -0.05) is 52.9 Å². The number of carbonyl (C=O) groups is 1. The van der Waals surface area contributed by atoms with Crippen molar-refractivity contribution >= 4 is 28.7 Å². The van der Waals surface area contributed by atoms with Crippen molar-refractivity contribution < 1.29 is 23.0 Å². The Balaban J connectivity index is 2.52. The Labute approximate surface area is 149 Å².